The minimum Gasteiger partial charge on any atom is -0.354 e. The van der Waals surface area contributed by atoms with Crippen LogP contribution in [0.3, 0.4) is 0 Å². The fourth-order valence-corrected chi connectivity index (χ4v) is 4.96. The summed E-state index contributed by atoms with van der Waals surface area (Å²) in [7, 11) is 0. The summed E-state index contributed by atoms with van der Waals surface area (Å²) in [5, 5.41) is 3.62. The summed E-state index contributed by atoms with van der Waals surface area (Å²) in [6.07, 6.45) is 1.28. The predicted octanol–water partition coefficient (Wildman–Crippen LogP) is 6.05. The van der Waals surface area contributed by atoms with Gasteiger partial charge in [-0.1, -0.05) is 90.8 Å². The summed E-state index contributed by atoms with van der Waals surface area (Å²) in [5.41, 5.74) is 4.30. The molecule has 0 fully saturated rings. The van der Waals surface area contributed by atoms with Crippen LogP contribution in [-0.2, 0) is 28.3 Å². The molecular weight excluding hydrogens is 476 g/mol. The smallest absolute Gasteiger partial charge is 0.243 e. The summed E-state index contributed by atoms with van der Waals surface area (Å²) in [6.45, 7) is 4.98. The van der Waals surface area contributed by atoms with Crippen LogP contribution in [0, 0.1) is 6.92 Å². The highest BCUT2D eigenvalue weighted by atomic mass is 35.5. The lowest BCUT2D eigenvalue weighted by Gasteiger charge is -2.31. The number of nitrogens with one attached hydrogen (secondary N) is 1. The first-order chi connectivity index (χ1) is 17.0. The number of hydrogen-bond acceptors (Lipinski definition) is 3. The Kier molecular flexibility index (Phi) is 10.7. The number of amides is 2. The summed E-state index contributed by atoms with van der Waals surface area (Å²) >= 11 is 7.80. The quantitative estimate of drug-likeness (QED) is 0.324. The van der Waals surface area contributed by atoms with Crippen molar-refractivity contribution in [2.75, 3.05) is 12.3 Å². The molecule has 0 spiro atoms. The Morgan fingerprint density at radius 1 is 0.943 bits per heavy atom. The first kappa shape index (κ1) is 26.8. The van der Waals surface area contributed by atoms with E-state index in [1.54, 1.807) is 16.7 Å². The normalized spacial score (nSPS) is 11.6. The van der Waals surface area contributed by atoms with Crippen LogP contribution in [0.15, 0.2) is 78.9 Å². The van der Waals surface area contributed by atoms with Crippen LogP contribution in [0.25, 0.3) is 0 Å². The van der Waals surface area contributed by atoms with Crippen LogP contribution >= 0.6 is 23.4 Å². The van der Waals surface area contributed by atoms with Gasteiger partial charge in [0.15, 0.2) is 0 Å². The van der Waals surface area contributed by atoms with Gasteiger partial charge in [0, 0.05) is 30.3 Å². The molecule has 1 unspecified atom stereocenters. The molecule has 0 bridgehead atoms. The van der Waals surface area contributed by atoms with Gasteiger partial charge in [-0.25, -0.2) is 0 Å². The molecule has 6 heteroatoms. The maximum atomic E-state index is 13.6. The van der Waals surface area contributed by atoms with Crippen molar-refractivity contribution in [1.29, 1.82) is 0 Å². The summed E-state index contributed by atoms with van der Waals surface area (Å²) in [6, 6.07) is 25.0. The Labute approximate surface area is 218 Å². The van der Waals surface area contributed by atoms with E-state index < -0.39 is 6.04 Å². The average molecular weight is 509 g/mol. The van der Waals surface area contributed by atoms with Gasteiger partial charge < -0.3 is 10.2 Å². The maximum absolute atomic E-state index is 13.6. The van der Waals surface area contributed by atoms with Gasteiger partial charge in [0.2, 0.25) is 11.8 Å². The van der Waals surface area contributed by atoms with Crippen molar-refractivity contribution in [3.63, 3.8) is 0 Å². The van der Waals surface area contributed by atoms with E-state index in [4.69, 9.17) is 11.6 Å². The second kappa shape index (κ2) is 14.0. The van der Waals surface area contributed by atoms with Gasteiger partial charge in [-0.2, -0.15) is 0 Å². The SMILES string of the molecule is CCCNC(=O)C(Cc1ccccc1)N(Cc1cccc(Cl)c1)C(=O)CSCc1cccc(C)c1. The van der Waals surface area contributed by atoms with Crippen molar-refractivity contribution < 1.29 is 9.59 Å². The van der Waals surface area contributed by atoms with Crippen molar-refractivity contribution in [3.05, 3.63) is 106 Å². The number of nitrogens with zero attached hydrogens (tertiary/aromatic N) is 1. The molecule has 0 aliphatic heterocycles. The second-order valence-electron chi connectivity index (χ2n) is 8.63. The third-order valence-electron chi connectivity index (χ3n) is 5.64. The monoisotopic (exact) mass is 508 g/mol. The Bertz CT molecular complexity index is 1110. The van der Waals surface area contributed by atoms with Crippen molar-refractivity contribution in [2.24, 2.45) is 0 Å². The molecule has 0 aliphatic rings. The third kappa shape index (κ3) is 8.75. The molecule has 3 aromatic rings. The maximum Gasteiger partial charge on any atom is 0.243 e. The molecule has 0 saturated carbocycles. The standard InChI is InChI=1S/C29H33ClN2O2S/c1-3-15-31-29(34)27(18-23-10-5-4-6-11-23)32(19-24-12-8-14-26(30)17-24)28(33)21-35-20-25-13-7-9-22(2)16-25/h4-14,16-17,27H,3,15,18-21H2,1-2H3,(H,31,34). The van der Waals surface area contributed by atoms with Gasteiger partial charge in [0.05, 0.1) is 5.75 Å². The fourth-order valence-electron chi connectivity index (χ4n) is 3.89. The number of carbonyl (C=O) groups excluding carboxylic acids is 2. The van der Waals surface area contributed by atoms with Gasteiger partial charge in [-0.15, -0.1) is 11.8 Å². The van der Waals surface area contributed by atoms with E-state index in [0.717, 1.165) is 23.3 Å². The van der Waals surface area contributed by atoms with Crippen LogP contribution in [-0.4, -0.2) is 35.1 Å². The lowest BCUT2D eigenvalue weighted by Crippen LogP contribution is -2.51. The highest BCUT2D eigenvalue weighted by Gasteiger charge is 2.30. The largest absolute Gasteiger partial charge is 0.354 e. The first-order valence-corrected chi connectivity index (χ1v) is 13.5. The molecular formula is C29H33ClN2O2S. The molecule has 0 aromatic heterocycles. The third-order valence-corrected chi connectivity index (χ3v) is 6.86. The molecule has 3 rings (SSSR count). The van der Waals surface area contributed by atoms with Crippen LogP contribution in [0.2, 0.25) is 5.02 Å². The topological polar surface area (TPSA) is 49.4 Å². The van der Waals surface area contributed by atoms with Crippen LogP contribution in [0.4, 0.5) is 0 Å². The highest BCUT2D eigenvalue weighted by Crippen LogP contribution is 2.20. The number of hydrogen-bond donors (Lipinski definition) is 1. The molecule has 0 heterocycles. The highest BCUT2D eigenvalue weighted by molar-refractivity contribution is 7.99. The van der Waals surface area contributed by atoms with Gasteiger partial charge >= 0.3 is 0 Å². The van der Waals surface area contributed by atoms with Gasteiger partial charge in [-0.05, 0) is 42.2 Å². The minimum atomic E-state index is -0.616. The molecule has 1 atom stereocenters. The zero-order valence-corrected chi connectivity index (χ0v) is 21.9. The summed E-state index contributed by atoms with van der Waals surface area (Å²) in [4.78, 5) is 28.6. The number of rotatable bonds is 12. The molecule has 3 aromatic carbocycles. The summed E-state index contributed by atoms with van der Waals surface area (Å²) < 4.78 is 0. The van der Waals surface area contributed by atoms with Crippen LogP contribution in [0.5, 0.6) is 0 Å². The molecule has 4 nitrogen and oxygen atoms in total. The van der Waals surface area contributed by atoms with Crippen molar-refractivity contribution >= 4 is 35.2 Å². The number of aryl methyl sites for hydroxylation is 1. The van der Waals surface area contributed by atoms with Crippen molar-refractivity contribution in [2.45, 2.75) is 45.0 Å². The number of carbonyl (C=O) groups is 2. The molecule has 35 heavy (non-hydrogen) atoms. The minimum absolute atomic E-state index is 0.0600. The second-order valence-corrected chi connectivity index (χ2v) is 10.1. The van der Waals surface area contributed by atoms with E-state index in [-0.39, 0.29) is 11.8 Å². The Morgan fingerprint density at radius 2 is 1.66 bits per heavy atom. The van der Waals surface area contributed by atoms with E-state index in [1.165, 1.54) is 11.1 Å². The lowest BCUT2D eigenvalue weighted by atomic mass is 10.0. The van der Waals surface area contributed by atoms with E-state index in [2.05, 4.69) is 30.4 Å². The number of halogens is 1. The summed E-state index contributed by atoms with van der Waals surface area (Å²) in [5.74, 6) is 0.843. The first-order valence-electron chi connectivity index (χ1n) is 11.9. The van der Waals surface area contributed by atoms with Crippen LogP contribution < -0.4 is 5.32 Å². The van der Waals surface area contributed by atoms with Gasteiger partial charge in [-0.3, -0.25) is 9.59 Å². The van der Waals surface area contributed by atoms with E-state index in [1.807, 2.05) is 67.6 Å². The van der Waals surface area contributed by atoms with E-state index >= 15 is 0 Å². The van der Waals surface area contributed by atoms with Crippen LogP contribution in [0.1, 0.15) is 35.6 Å². The zero-order valence-electron chi connectivity index (χ0n) is 20.4. The Morgan fingerprint density at radius 3 is 2.37 bits per heavy atom. The van der Waals surface area contributed by atoms with E-state index in [0.29, 0.717) is 30.3 Å². The predicted molar refractivity (Wildman–Crippen MR) is 147 cm³/mol. The van der Waals surface area contributed by atoms with Crippen molar-refractivity contribution in [3.8, 4) is 0 Å². The number of thioether (sulfide) groups is 1. The molecule has 2 amide bonds. The molecule has 0 aliphatic carbocycles. The zero-order chi connectivity index (χ0) is 25.0. The van der Waals surface area contributed by atoms with E-state index in [9.17, 15) is 9.59 Å². The Hall–Kier alpha value is -2.76. The molecule has 0 radical (unpaired) electrons. The van der Waals surface area contributed by atoms with Crippen molar-refractivity contribution in [1.82, 2.24) is 10.2 Å². The Balaban J connectivity index is 1.83. The van der Waals surface area contributed by atoms with Gasteiger partial charge in [0.1, 0.15) is 6.04 Å². The molecule has 184 valence electrons. The van der Waals surface area contributed by atoms with Gasteiger partial charge in [0.25, 0.3) is 0 Å². The average Bonchev–Trinajstić information content (AvgIpc) is 2.85. The number of benzene rings is 3. The fraction of sp³-hybridized carbons (Fsp3) is 0.310. The molecule has 0 saturated heterocycles. The lowest BCUT2D eigenvalue weighted by molar-refractivity contribution is -0.139. The molecule has 1 N–H and O–H groups in total.